The smallest absolute Gasteiger partial charge is 0.271 e. The molecule has 2 aromatic rings. The Labute approximate surface area is 150 Å². The van der Waals surface area contributed by atoms with Crippen LogP contribution in [-0.4, -0.2) is 34.9 Å². The Morgan fingerprint density at radius 1 is 1.00 bits per heavy atom. The zero-order valence-electron chi connectivity index (χ0n) is 13.6. The molecule has 1 aromatic heterocycles. The Hall–Kier alpha value is -2.61. The molecule has 1 heterocycles. The molecule has 0 atom stereocenters. The van der Waals surface area contributed by atoms with Gasteiger partial charge in [0.15, 0.2) is 0 Å². The van der Waals surface area contributed by atoms with E-state index in [-0.39, 0.29) is 23.1 Å². The summed E-state index contributed by atoms with van der Waals surface area (Å²) in [5, 5.41) is 5.59. The summed E-state index contributed by atoms with van der Waals surface area (Å²) in [6.45, 7) is 1.09. The predicted octanol–water partition coefficient (Wildman–Crippen LogP) is 1.39. The summed E-state index contributed by atoms with van der Waals surface area (Å²) in [6.07, 6.45) is 4.84. The Balaban J connectivity index is 1.56. The fourth-order valence-corrected chi connectivity index (χ4v) is 2.25. The van der Waals surface area contributed by atoms with E-state index in [0.717, 1.165) is 30.4 Å². The molecule has 0 saturated carbocycles. The number of amides is 2. The minimum Gasteiger partial charge on any atom is -0.352 e. The number of H-pyrrole nitrogens is 1. The number of aromatic amines is 1. The molecule has 0 aliphatic rings. The summed E-state index contributed by atoms with van der Waals surface area (Å²) in [6, 6.07) is 7.02. The predicted molar refractivity (Wildman–Crippen MR) is 97.1 cm³/mol. The van der Waals surface area contributed by atoms with Crippen LogP contribution in [0.2, 0.25) is 0 Å². The Bertz CT molecular complexity index is 754. The topological polar surface area (TPSA) is 104 Å². The molecule has 0 bridgehead atoms. The van der Waals surface area contributed by atoms with Crippen molar-refractivity contribution in [3.8, 4) is 0 Å². The number of carbonyl (C=O) groups excluding carboxylic acids is 2. The number of hydrogen-bond donors (Lipinski definition) is 4. The van der Waals surface area contributed by atoms with E-state index in [9.17, 15) is 14.4 Å². The quantitative estimate of drug-likeness (QED) is 0.422. The van der Waals surface area contributed by atoms with E-state index in [1.54, 1.807) is 24.3 Å². The first-order valence-electron chi connectivity index (χ1n) is 7.96. The van der Waals surface area contributed by atoms with Crippen LogP contribution < -0.4 is 16.2 Å². The van der Waals surface area contributed by atoms with E-state index in [2.05, 4.69) is 33.2 Å². The number of unbranched alkanes of at least 4 members (excludes halogenated alkanes) is 2. The highest BCUT2D eigenvalue weighted by molar-refractivity contribution is 7.80. The van der Waals surface area contributed by atoms with E-state index in [1.165, 1.54) is 6.20 Å². The molecular weight excluding hydrogens is 340 g/mol. The number of carbonyl (C=O) groups is 2. The highest BCUT2D eigenvalue weighted by atomic mass is 32.1. The molecular formula is C17H20N4O3S. The average molecular weight is 360 g/mol. The van der Waals surface area contributed by atoms with Crippen molar-refractivity contribution in [3.63, 3.8) is 0 Å². The molecule has 0 aliphatic carbocycles. The molecule has 8 heteroatoms. The number of thiol groups is 1. The second-order valence-electron chi connectivity index (χ2n) is 5.42. The standard InChI is InChI=1S/C17H20N4O3S/c22-15-11-20-14(10-21-15)17(24)19-9-3-1-2-8-18-16(23)12-4-6-13(25)7-5-12/h4-7,10-11,25H,1-3,8-9H2,(H,18,23)(H,19,24)(H,21,22). The summed E-state index contributed by atoms with van der Waals surface area (Å²) < 4.78 is 0. The van der Waals surface area contributed by atoms with Gasteiger partial charge in [0.1, 0.15) is 5.69 Å². The van der Waals surface area contributed by atoms with Crippen molar-refractivity contribution in [2.24, 2.45) is 0 Å². The summed E-state index contributed by atoms with van der Waals surface area (Å²) in [5.74, 6) is -0.428. The average Bonchev–Trinajstić information content (AvgIpc) is 2.61. The molecule has 132 valence electrons. The van der Waals surface area contributed by atoms with Gasteiger partial charge in [-0.3, -0.25) is 14.4 Å². The van der Waals surface area contributed by atoms with Gasteiger partial charge in [0, 0.05) is 29.7 Å². The largest absolute Gasteiger partial charge is 0.352 e. The molecule has 2 amide bonds. The number of rotatable bonds is 8. The SMILES string of the molecule is O=C(NCCCCCNC(=O)c1c[nH]c(=O)cn1)c1ccc(S)cc1. The van der Waals surface area contributed by atoms with E-state index in [4.69, 9.17) is 0 Å². The third-order valence-corrected chi connectivity index (χ3v) is 3.76. The second-order valence-corrected chi connectivity index (χ2v) is 5.93. The van der Waals surface area contributed by atoms with Gasteiger partial charge in [0.05, 0.1) is 6.20 Å². The van der Waals surface area contributed by atoms with Gasteiger partial charge in [0.25, 0.3) is 17.4 Å². The molecule has 0 unspecified atom stereocenters. The molecule has 0 radical (unpaired) electrons. The lowest BCUT2D eigenvalue weighted by molar-refractivity contribution is 0.0944. The maximum atomic E-state index is 11.9. The first kappa shape index (κ1) is 18.7. The van der Waals surface area contributed by atoms with Crippen LogP contribution in [0.5, 0.6) is 0 Å². The minimum absolute atomic E-state index is 0.106. The van der Waals surface area contributed by atoms with Crippen molar-refractivity contribution in [2.75, 3.05) is 13.1 Å². The van der Waals surface area contributed by atoms with Gasteiger partial charge in [0.2, 0.25) is 0 Å². The first-order chi connectivity index (χ1) is 12.1. The lowest BCUT2D eigenvalue weighted by Gasteiger charge is -2.06. The molecule has 7 nitrogen and oxygen atoms in total. The van der Waals surface area contributed by atoms with Gasteiger partial charge >= 0.3 is 0 Å². The van der Waals surface area contributed by atoms with Gasteiger partial charge in [-0.25, -0.2) is 4.98 Å². The maximum absolute atomic E-state index is 11.9. The zero-order chi connectivity index (χ0) is 18.1. The lowest BCUT2D eigenvalue weighted by atomic mass is 10.2. The summed E-state index contributed by atoms with van der Waals surface area (Å²) in [4.78, 5) is 41.5. The zero-order valence-corrected chi connectivity index (χ0v) is 14.5. The molecule has 0 fully saturated rings. The summed E-state index contributed by atoms with van der Waals surface area (Å²) in [5.41, 5.74) is 0.442. The van der Waals surface area contributed by atoms with Crippen molar-refractivity contribution >= 4 is 24.4 Å². The van der Waals surface area contributed by atoms with E-state index in [1.807, 2.05) is 0 Å². The highest BCUT2D eigenvalue weighted by Gasteiger charge is 2.06. The van der Waals surface area contributed by atoms with Crippen LogP contribution >= 0.6 is 12.6 Å². The molecule has 0 aliphatic heterocycles. The molecule has 3 N–H and O–H groups in total. The van der Waals surface area contributed by atoms with E-state index >= 15 is 0 Å². The van der Waals surface area contributed by atoms with Crippen molar-refractivity contribution in [3.05, 3.63) is 58.3 Å². The number of nitrogens with zero attached hydrogens (tertiary/aromatic N) is 1. The van der Waals surface area contributed by atoms with Crippen molar-refractivity contribution < 1.29 is 9.59 Å². The number of aromatic nitrogens is 2. The van der Waals surface area contributed by atoms with E-state index in [0.29, 0.717) is 18.7 Å². The Morgan fingerprint density at radius 2 is 1.64 bits per heavy atom. The van der Waals surface area contributed by atoms with Crippen LogP contribution in [0.4, 0.5) is 0 Å². The third-order valence-electron chi connectivity index (χ3n) is 3.46. The summed E-state index contributed by atoms with van der Waals surface area (Å²) >= 11 is 4.18. The van der Waals surface area contributed by atoms with E-state index < -0.39 is 0 Å². The van der Waals surface area contributed by atoms with Crippen LogP contribution in [-0.2, 0) is 0 Å². The fourth-order valence-electron chi connectivity index (χ4n) is 2.10. The number of benzene rings is 1. The monoisotopic (exact) mass is 360 g/mol. The fraction of sp³-hybridized carbons (Fsp3) is 0.294. The minimum atomic E-state index is -0.347. The van der Waals surface area contributed by atoms with Crippen LogP contribution in [0.1, 0.15) is 40.1 Å². The van der Waals surface area contributed by atoms with Crippen LogP contribution in [0.15, 0.2) is 46.3 Å². The van der Waals surface area contributed by atoms with Crippen LogP contribution in [0, 0.1) is 0 Å². The summed E-state index contributed by atoms with van der Waals surface area (Å²) in [7, 11) is 0. The lowest BCUT2D eigenvalue weighted by Crippen LogP contribution is -2.27. The molecule has 1 aromatic carbocycles. The third kappa shape index (κ3) is 6.42. The molecule has 0 saturated heterocycles. The maximum Gasteiger partial charge on any atom is 0.271 e. The Morgan fingerprint density at radius 3 is 2.24 bits per heavy atom. The highest BCUT2D eigenvalue weighted by Crippen LogP contribution is 2.07. The number of hydrogen-bond acceptors (Lipinski definition) is 5. The van der Waals surface area contributed by atoms with Crippen LogP contribution in [0.25, 0.3) is 0 Å². The molecule has 0 spiro atoms. The van der Waals surface area contributed by atoms with Gasteiger partial charge in [-0.2, -0.15) is 0 Å². The van der Waals surface area contributed by atoms with Crippen molar-refractivity contribution in [1.29, 1.82) is 0 Å². The van der Waals surface area contributed by atoms with Gasteiger partial charge in [-0.05, 0) is 43.5 Å². The van der Waals surface area contributed by atoms with Crippen molar-refractivity contribution in [2.45, 2.75) is 24.2 Å². The van der Waals surface area contributed by atoms with Crippen molar-refractivity contribution in [1.82, 2.24) is 20.6 Å². The Kier molecular flexibility index (Phi) is 7.21. The first-order valence-corrected chi connectivity index (χ1v) is 8.41. The van der Waals surface area contributed by atoms with Gasteiger partial charge < -0.3 is 15.6 Å². The van der Waals surface area contributed by atoms with Gasteiger partial charge in [-0.15, -0.1) is 12.6 Å². The second kappa shape index (κ2) is 9.63. The normalized spacial score (nSPS) is 10.3. The number of nitrogens with one attached hydrogen (secondary N) is 3. The molecule has 25 heavy (non-hydrogen) atoms. The van der Waals surface area contributed by atoms with Crippen LogP contribution in [0.3, 0.4) is 0 Å². The van der Waals surface area contributed by atoms with Gasteiger partial charge in [-0.1, -0.05) is 0 Å². The molecule has 2 rings (SSSR count).